The highest BCUT2D eigenvalue weighted by molar-refractivity contribution is 5.96. The number of nitrogens with two attached hydrogens (primary N) is 1. The van der Waals surface area contributed by atoms with Crippen molar-refractivity contribution in [3.05, 3.63) is 94.3 Å². The van der Waals surface area contributed by atoms with Gasteiger partial charge in [0.15, 0.2) is 0 Å². The molecule has 0 atom stereocenters. The first-order chi connectivity index (χ1) is 15.8. The van der Waals surface area contributed by atoms with E-state index in [1.807, 2.05) is 26.0 Å². The minimum absolute atomic E-state index is 0.205. The van der Waals surface area contributed by atoms with Crippen LogP contribution in [0.5, 0.6) is 5.75 Å². The number of ether oxygens (including phenoxy) is 1. The molecule has 0 aliphatic heterocycles. The zero-order valence-corrected chi connectivity index (χ0v) is 18.6. The molecule has 0 saturated carbocycles. The second-order valence-corrected chi connectivity index (χ2v) is 7.62. The smallest absolute Gasteiger partial charge is 0.251 e. The second-order valence-electron chi connectivity index (χ2n) is 7.62. The monoisotopic (exact) mass is 446 g/mol. The van der Waals surface area contributed by atoms with Crippen molar-refractivity contribution in [3.63, 3.8) is 0 Å². The summed E-state index contributed by atoms with van der Waals surface area (Å²) in [5, 5.41) is 5.31. The molecule has 2 aromatic carbocycles. The summed E-state index contributed by atoms with van der Waals surface area (Å²) in [6.45, 7) is 4.30. The number of nitrogens with one attached hydrogen (secondary N) is 2. The fourth-order valence-electron chi connectivity index (χ4n) is 3.28. The van der Waals surface area contributed by atoms with Gasteiger partial charge in [0.2, 0.25) is 5.91 Å². The van der Waals surface area contributed by atoms with Gasteiger partial charge in [-0.15, -0.1) is 0 Å². The molecule has 0 unspecified atom stereocenters. The van der Waals surface area contributed by atoms with Crippen molar-refractivity contribution in [1.82, 2.24) is 15.6 Å². The molecule has 170 valence electrons. The van der Waals surface area contributed by atoms with Gasteiger partial charge >= 0.3 is 0 Å². The van der Waals surface area contributed by atoms with Gasteiger partial charge in [-0.3, -0.25) is 19.4 Å². The lowest BCUT2D eigenvalue weighted by atomic mass is 10.0. The van der Waals surface area contributed by atoms with Crippen molar-refractivity contribution >= 4 is 17.7 Å². The van der Waals surface area contributed by atoms with Crippen molar-refractivity contribution in [2.45, 2.75) is 27.0 Å². The van der Waals surface area contributed by atoms with Crippen LogP contribution in [0.15, 0.2) is 60.9 Å². The molecule has 0 aliphatic rings. The van der Waals surface area contributed by atoms with Crippen molar-refractivity contribution in [3.8, 4) is 5.75 Å². The lowest BCUT2D eigenvalue weighted by Crippen LogP contribution is -2.33. The summed E-state index contributed by atoms with van der Waals surface area (Å²) >= 11 is 0. The van der Waals surface area contributed by atoms with Crippen LogP contribution in [-0.4, -0.2) is 29.3 Å². The predicted octanol–water partition coefficient (Wildman–Crippen LogP) is 2.42. The van der Waals surface area contributed by atoms with E-state index in [1.54, 1.807) is 48.8 Å². The summed E-state index contributed by atoms with van der Waals surface area (Å²) in [4.78, 5) is 39.4. The summed E-state index contributed by atoms with van der Waals surface area (Å²) in [5.41, 5.74) is 9.51. The number of aromatic nitrogens is 1. The molecule has 0 aliphatic carbocycles. The van der Waals surface area contributed by atoms with Crippen molar-refractivity contribution in [2.24, 2.45) is 5.73 Å². The molecule has 8 heteroatoms. The van der Waals surface area contributed by atoms with E-state index in [4.69, 9.17) is 10.5 Å². The van der Waals surface area contributed by atoms with Crippen LogP contribution in [0.1, 0.15) is 43.0 Å². The van der Waals surface area contributed by atoms with Crippen LogP contribution in [-0.2, 0) is 17.9 Å². The van der Waals surface area contributed by atoms with Crippen molar-refractivity contribution in [2.75, 3.05) is 6.54 Å². The molecule has 0 spiro atoms. The third kappa shape index (κ3) is 6.64. The Labute approximate surface area is 192 Å². The van der Waals surface area contributed by atoms with Crippen molar-refractivity contribution in [1.29, 1.82) is 0 Å². The van der Waals surface area contributed by atoms with Gasteiger partial charge in [-0.05, 0) is 60.9 Å². The molecule has 1 aromatic heterocycles. The van der Waals surface area contributed by atoms with Crippen LogP contribution in [0.4, 0.5) is 0 Å². The maximum absolute atomic E-state index is 12.7. The molecule has 3 aromatic rings. The van der Waals surface area contributed by atoms with E-state index in [-0.39, 0.29) is 18.4 Å². The summed E-state index contributed by atoms with van der Waals surface area (Å²) in [6, 6.07) is 14.1. The van der Waals surface area contributed by atoms with Crippen LogP contribution in [0, 0.1) is 13.8 Å². The fraction of sp³-hybridized carbons (Fsp3) is 0.200. The van der Waals surface area contributed by atoms with E-state index in [1.165, 1.54) is 0 Å². The maximum atomic E-state index is 12.7. The minimum Gasteiger partial charge on any atom is -0.488 e. The molecular weight excluding hydrogens is 420 g/mol. The zero-order chi connectivity index (χ0) is 23.8. The Morgan fingerprint density at radius 3 is 2.18 bits per heavy atom. The fourth-order valence-corrected chi connectivity index (χ4v) is 3.28. The molecule has 4 N–H and O–H groups in total. The average molecular weight is 447 g/mol. The molecule has 0 fully saturated rings. The number of pyridine rings is 1. The highest BCUT2D eigenvalue weighted by Crippen LogP contribution is 2.26. The normalized spacial score (nSPS) is 10.4. The number of hydrogen-bond acceptors (Lipinski definition) is 5. The minimum atomic E-state index is -0.610. The Balaban J connectivity index is 1.57. The van der Waals surface area contributed by atoms with Gasteiger partial charge < -0.3 is 21.1 Å². The zero-order valence-electron chi connectivity index (χ0n) is 18.6. The van der Waals surface area contributed by atoms with Crippen LogP contribution in [0.2, 0.25) is 0 Å². The standard InChI is InChI=1S/C25H26N4O4/c1-16-10-21(11-17(2)23(16)33-15-19-4-3-9-27-12-19)25(32)28-13-18-5-7-20(8-6-18)24(31)29-14-22(26)30/h3-12H,13-15H2,1-2H3,(H2,26,30)(H,28,32)(H,29,31). The van der Waals surface area contributed by atoms with Gasteiger partial charge in [0.1, 0.15) is 12.4 Å². The predicted molar refractivity (Wildman–Crippen MR) is 124 cm³/mol. The average Bonchev–Trinajstić information content (AvgIpc) is 2.81. The second kappa shape index (κ2) is 10.9. The topological polar surface area (TPSA) is 123 Å². The van der Waals surface area contributed by atoms with Crippen LogP contribution in [0.25, 0.3) is 0 Å². The van der Waals surface area contributed by atoms with Gasteiger partial charge in [-0.2, -0.15) is 0 Å². The summed E-state index contributed by atoms with van der Waals surface area (Å²) in [5.74, 6) is -0.452. The van der Waals surface area contributed by atoms with Crippen molar-refractivity contribution < 1.29 is 19.1 Å². The number of rotatable bonds is 9. The van der Waals surface area contributed by atoms with Gasteiger partial charge in [0, 0.05) is 35.6 Å². The highest BCUT2D eigenvalue weighted by Gasteiger charge is 2.13. The van der Waals surface area contributed by atoms with Crippen LogP contribution >= 0.6 is 0 Å². The number of carbonyl (C=O) groups is 3. The first-order valence-corrected chi connectivity index (χ1v) is 10.4. The lowest BCUT2D eigenvalue weighted by Gasteiger charge is -2.14. The lowest BCUT2D eigenvalue weighted by molar-refractivity contribution is -0.117. The van der Waals surface area contributed by atoms with Gasteiger partial charge in [-0.1, -0.05) is 18.2 Å². The first-order valence-electron chi connectivity index (χ1n) is 10.4. The Kier molecular flexibility index (Phi) is 7.75. The molecule has 0 saturated heterocycles. The maximum Gasteiger partial charge on any atom is 0.251 e. The molecule has 1 heterocycles. The van der Waals surface area contributed by atoms with E-state index in [9.17, 15) is 14.4 Å². The number of amides is 3. The quantitative estimate of drug-likeness (QED) is 0.466. The van der Waals surface area contributed by atoms with E-state index in [2.05, 4.69) is 15.6 Å². The third-order valence-corrected chi connectivity index (χ3v) is 4.92. The number of nitrogens with zero attached hydrogens (tertiary/aromatic N) is 1. The highest BCUT2D eigenvalue weighted by atomic mass is 16.5. The molecule has 33 heavy (non-hydrogen) atoms. The number of hydrogen-bond donors (Lipinski definition) is 3. The molecule has 0 radical (unpaired) electrons. The Morgan fingerprint density at radius 1 is 0.909 bits per heavy atom. The molecule has 0 bridgehead atoms. The first kappa shape index (κ1) is 23.5. The summed E-state index contributed by atoms with van der Waals surface area (Å²) in [6.07, 6.45) is 3.47. The van der Waals surface area contributed by atoms with Gasteiger partial charge in [0.25, 0.3) is 11.8 Å². The Hall–Kier alpha value is -4.20. The number of benzene rings is 2. The number of carbonyl (C=O) groups excluding carboxylic acids is 3. The van der Waals surface area contributed by atoms with Gasteiger partial charge in [0.05, 0.1) is 6.54 Å². The Bertz CT molecular complexity index is 1120. The summed E-state index contributed by atoms with van der Waals surface area (Å²) in [7, 11) is 0. The Morgan fingerprint density at radius 2 is 1.58 bits per heavy atom. The van der Waals surface area contributed by atoms with Crippen LogP contribution in [0.3, 0.4) is 0 Å². The van der Waals surface area contributed by atoms with E-state index >= 15 is 0 Å². The van der Waals surface area contributed by atoms with Crippen LogP contribution < -0.4 is 21.1 Å². The third-order valence-electron chi connectivity index (χ3n) is 4.92. The summed E-state index contributed by atoms with van der Waals surface area (Å²) < 4.78 is 5.95. The SMILES string of the molecule is Cc1cc(C(=O)NCc2ccc(C(=O)NCC(N)=O)cc2)cc(C)c1OCc1cccnc1. The molecule has 8 nitrogen and oxygen atoms in total. The molecular formula is C25H26N4O4. The molecule has 3 rings (SSSR count). The largest absolute Gasteiger partial charge is 0.488 e. The van der Waals surface area contributed by atoms with E-state index in [0.717, 1.165) is 28.0 Å². The van der Waals surface area contributed by atoms with Gasteiger partial charge in [-0.25, -0.2) is 0 Å². The number of aryl methyl sites for hydroxylation is 2. The van der Waals surface area contributed by atoms with E-state index in [0.29, 0.717) is 24.3 Å². The number of primary amides is 1. The molecule has 3 amide bonds. The van der Waals surface area contributed by atoms with E-state index < -0.39 is 5.91 Å².